The number of pyridine rings is 1. The molecule has 8 nitrogen and oxygen atoms in total. The third-order valence-electron chi connectivity index (χ3n) is 3.65. The van der Waals surface area contributed by atoms with Crippen LogP contribution in [-0.2, 0) is 0 Å². The van der Waals surface area contributed by atoms with Crippen molar-refractivity contribution in [1.82, 2.24) is 15.0 Å². The van der Waals surface area contributed by atoms with E-state index in [-0.39, 0.29) is 28.7 Å². The summed E-state index contributed by atoms with van der Waals surface area (Å²) < 4.78 is 35.3. The van der Waals surface area contributed by atoms with Crippen molar-refractivity contribution < 1.29 is 23.0 Å². The highest BCUT2D eigenvalue weighted by molar-refractivity contribution is 6.06. The van der Waals surface area contributed by atoms with Crippen molar-refractivity contribution in [2.75, 3.05) is 11.1 Å². The molecule has 1 aromatic carbocycles. The van der Waals surface area contributed by atoms with E-state index in [1.165, 1.54) is 24.4 Å². The van der Waals surface area contributed by atoms with Crippen LogP contribution in [0.2, 0.25) is 0 Å². The Morgan fingerprint density at radius 2 is 2.00 bits per heavy atom. The number of nitrogens with two attached hydrogens (primary N) is 1. The second-order valence-electron chi connectivity index (χ2n) is 5.49. The van der Waals surface area contributed by atoms with E-state index >= 15 is 0 Å². The third-order valence-corrected chi connectivity index (χ3v) is 3.65. The number of hydrogen-bond donors (Lipinski definition) is 2. The highest BCUT2D eigenvalue weighted by atomic mass is 19.3. The lowest BCUT2D eigenvalue weighted by atomic mass is 10.2. The summed E-state index contributed by atoms with van der Waals surface area (Å²) in [6.45, 7) is 0. The summed E-state index contributed by atoms with van der Waals surface area (Å²) in [6, 6.07) is 7.56. The predicted octanol–water partition coefficient (Wildman–Crippen LogP) is 2.69. The monoisotopic (exact) mass is 371 g/mol. The van der Waals surface area contributed by atoms with Crippen LogP contribution in [0.3, 0.4) is 0 Å². The van der Waals surface area contributed by atoms with Gasteiger partial charge < -0.3 is 20.5 Å². The molecule has 136 valence electrons. The van der Waals surface area contributed by atoms with E-state index in [9.17, 15) is 13.6 Å². The van der Waals surface area contributed by atoms with Crippen molar-refractivity contribution in [2.45, 2.75) is 6.29 Å². The molecule has 0 spiro atoms. The van der Waals surface area contributed by atoms with Crippen LogP contribution in [0.4, 0.5) is 20.3 Å². The van der Waals surface area contributed by atoms with Crippen LogP contribution in [0.1, 0.15) is 10.5 Å². The number of nitrogens with one attached hydrogen (secondary N) is 1. The Balaban J connectivity index is 1.65. The first-order valence-corrected chi connectivity index (χ1v) is 7.66. The van der Waals surface area contributed by atoms with E-state index in [2.05, 4.69) is 29.7 Å². The molecular formula is C17H11F2N5O3. The van der Waals surface area contributed by atoms with Crippen LogP contribution in [0.25, 0.3) is 11.3 Å². The maximum atomic E-state index is 13.3. The van der Waals surface area contributed by atoms with Crippen molar-refractivity contribution in [2.24, 2.45) is 0 Å². The van der Waals surface area contributed by atoms with E-state index in [1.807, 2.05) is 0 Å². The van der Waals surface area contributed by atoms with E-state index in [1.54, 1.807) is 24.5 Å². The van der Waals surface area contributed by atoms with Gasteiger partial charge in [-0.3, -0.25) is 9.78 Å². The highest BCUT2D eigenvalue weighted by Crippen LogP contribution is 2.45. The summed E-state index contributed by atoms with van der Waals surface area (Å²) >= 11 is 0. The average Bonchev–Trinajstić information content (AvgIpc) is 2.98. The molecule has 0 aliphatic carbocycles. The number of nitrogen functional groups attached to an aromatic ring is 1. The van der Waals surface area contributed by atoms with Crippen LogP contribution in [0.15, 0.2) is 48.9 Å². The molecule has 3 N–H and O–H groups in total. The Kier molecular flexibility index (Phi) is 3.80. The molecule has 4 rings (SSSR count). The van der Waals surface area contributed by atoms with E-state index in [0.717, 1.165) is 0 Å². The van der Waals surface area contributed by atoms with Gasteiger partial charge in [0.2, 0.25) is 0 Å². The van der Waals surface area contributed by atoms with Gasteiger partial charge in [-0.2, -0.15) is 0 Å². The molecule has 0 saturated heterocycles. The summed E-state index contributed by atoms with van der Waals surface area (Å²) in [4.78, 5) is 24.7. The number of aromatic nitrogens is 3. The fourth-order valence-electron chi connectivity index (χ4n) is 2.47. The number of carbonyl (C=O) groups excluding carboxylic acids is 1. The van der Waals surface area contributed by atoms with Gasteiger partial charge in [-0.25, -0.2) is 9.97 Å². The Bertz CT molecular complexity index is 1030. The first kappa shape index (κ1) is 16.6. The molecule has 3 heterocycles. The highest BCUT2D eigenvalue weighted by Gasteiger charge is 2.44. The molecule has 10 heteroatoms. The number of rotatable bonds is 3. The maximum Gasteiger partial charge on any atom is 0.586 e. The number of para-hydroxylation sites is 1. The Morgan fingerprint density at radius 1 is 1.15 bits per heavy atom. The lowest BCUT2D eigenvalue weighted by Gasteiger charge is -2.10. The zero-order valence-corrected chi connectivity index (χ0v) is 13.5. The molecule has 1 aliphatic rings. The average molecular weight is 371 g/mol. The number of hydrogen-bond acceptors (Lipinski definition) is 7. The number of amides is 1. The second kappa shape index (κ2) is 6.16. The predicted molar refractivity (Wildman–Crippen MR) is 90.3 cm³/mol. The summed E-state index contributed by atoms with van der Waals surface area (Å²) in [5, 5.41) is 2.44. The summed E-state index contributed by atoms with van der Waals surface area (Å²) in [7, 11) is 0. The zero-order valence-electron chi connectivity index (χ0n) is 13.5. The molecule has 1 amide bonds. The number of carbonyl (C=O) groups is 1. The SMILES string of the molecule is Nc1ncc(-c2cccnc2)nc1C(=O)Nc1cccc2c1OC(F)(F)O2. The van der Waals surface area contributed by atoms with Gasteiger partial charge in [-0.05, 0) is 24.3 Å². The van der Waals surface area contributed by atoms with Gasteiger partial charge in [0.25, 0.3) is 5.91 Å². The van der Waals surface area contributed by atoms with Gasteiger partial charge >= 0.3 is 6.29 Å². The summed E-state index contributed by atoms with van der Waals surface area (Å²) in [6.07, 6.45) is 0.748. The molecule has 1 aliphatic heterocycles. The molecule has 2 aromatic heterocycles. The van der Waals surface area contributed by atoms with Crippen LogP contribution in [0.5, 0.6) is 11.5 Å². The van der Waals surface area contributed by atoms with E-state index in [0.29, 0.717) is 11.3 Å². The van der Waals surface area contributed by atoms with E-state index < -0.39 is 12.2 Å². The van der Waals surface area contributed by atoms with Crippen LogP contribution in [0, 0.1) is 0 Å². The molecule has 0 saturated carbocycles. The molecule has 0 radical (unpaired) electrons. The number of benzene rings is 1. The smallest absolute Gasteiger partial charge is 0.395 e. The first-order chi connectivity index (χ1) is 12.9. The van der Waals surface area contributed by atoms with Crippen molar-refractivity contribution in [3.8, 4) is 22.8 Å². The quantitative estimate of drug-likeness (QED) is 0.728. The number of halogens is 2. The number of anilines is 2. The molecule has 27 heavy (non-hydrogen) atoms. The second-order valence-corrected chi connectivity index (χ2v) is 5.49. The molecule has 0 fully saturated rings. The maximum absolute atomic E-state index is 13.3. The lowest BCUT2D eigenvalue weighted by molar-refractivity contribution is -0.286. The fraction of sp³-hybridized carbons (Fsp3) is 0.0588. The van der Waals surface area contributed by atoms with Crippen molar-refractivity contribution in [3.63, 3.8) is 0 Å². The summed E-state index contributed by atoms with van der Waals surface area (Å²) in [5.41, 5.74) is 6.59. The van der Waals surface area contributed by atoms with Crippen molar-refractivity contribution >= 4 is 17.4 Å². The van der Waals surface area contributed by atoms with Gasteiger partial charge in [0.15, 0.2) is 23.0 Å². The Labute approximate surface area is 151 Å². The molecule has 0 atom stereocenters. The van der Waals surface area contributed by atoms with Gasteiger partial charge in [-0.15, -0.1) is 8.78 Å². The van der Waals surface area contributed by atoms with Crippen LogP contribution in [-0.4, -0.2) is 27.2 Å². The number of ether oxygens (including phenoxy) is 2. The lowest BCUT2D eigenvalue weighted by Crippen LogP contribution is -2.26. The number of nitrogens with zero attached hydrogens (tertiary/aromatic N) is 3. The first-order valence-electron chi connectivity index (χ1n) is 7.66. The van der Waals surface area contributed by atoms with Gasteiger partial charge in [-0.1, -0.05) is 6.07 Å². The largest absolute Gasteiger partial charge is 0.586 e. The molecular weight excluding hydrogens is 360 g/mol. The normalized spacial score (nSPS) is 14.0. The fourth-order valence-corrected chi connectivity index (χ4v) is 2.47. The number of fused-ring (bicyclic) bond motifs is 1. The van der Waals surface area contributed by atoms with Crippen LogP contribution < -0.4 is 20.5 Å². The minimum atomic E-state index is -3.80. The van der Waals surface area contributed by atoms with Crippen LogP contribution >= 0.6 is 0 Å². The van der Waals surface area contributed by atoms with E-state index in [4.69, 9.17) is 5.73 Å². The number of alkyl halides is 2. The van der Waals surface area contributed by atoms with Gasteiger partial charge in [0.1, 0.15) is 0 Å². The minimum Gasteiger partial charge on any atom is -0.395 e. The minimum absolute atomic E-state index is 0.0114. The zero-order chi connectivity index (χ0) is 19.0. The molecule has 3 aromatic rings. The molecule has 0 unspecified atom stereocenters. The Morgan fingerprint density at radius 3 is 2.78 bits per heavy atom. The third kappa shape index (κ3) is 3.19. The molecule has 0 bridgehead atoms. The van der Waals surface area contributed by atoms with Gasteiger partial charge in [0.05, 0.1) is 17.6 Å². The topological polar surface area (TPSA) is 112 Å². The van der Waals surface area contributed by atoms with Gasteiger partial charge in [0, 0.05) is 18.0 Å². The Hall–Kier alpha value is -3.82. The van der Waals surface area contributed by atoms with Crippen molar-refractivity contribution in [3.05, 3.63) is 54.6 Å². The standard InChI is InChI=1S/C17H11F2N5O3/c18-17(19)26-12-5-1-4-10(14(12)27-17)24-16(25)13-15(20)22-8-11(23-13)9-3-2-6-21-7-9/h1-8H,(H2,20,22)(H,24,25). The summed E-state index contributed by atoms with van der Waals surface area (Å²) in [5.74, 6) is -1.33. The van der Waals surface area contributed by atoms with Crippen molar-refractivity contribution in [1.29, 1.82) is 0 Å².